The second-order valence-corrected chi connectivity index (χ2v) is 5.87. The number of hydrogen-bond donors (Lipinski definition) is 1. The minimum absolute atomic E-state index is 0.545. The van der Waals surface area contributed by atoms with Gasteiger partial charge in [0, 0.05) is 16.3 Å². The summed E-state index contributed by atoms with van der Waals surface area (Å²) in [5.41, 5.74) is 3.25. The van der Waals surface area contributed by atoms with Crippen molar-refractivity contribution in [3.8, 4) is 0 Å². The topological polar surface area (TPSA) is 38.3 Å². The van der Waals surface area contributed by atoms with E-state index in [1.807, 2.05) is 6.07 Å². The van der Waals surface area contributed by atoms with E-state index in [1.165, 1.54) is 10.9 Å². The lowest BCUT2D eigenvalue weighted by Gasteiger charge is -2.23. The van der Waals surface area contributed by atoms with Crippen LogP contribution in [0.2, 0.25) is 0 Å². The zero-order valence-corrected chi connectivity index (χ0v) is 12.0. The molecule has 1 aliphatic heterocycles. The van der Waals surface area contributed by atoms with Gasteiger partial charge in [0.15, 0.2) is 0 Å². The lowest BCUT2D eigenvalue weighted by Crippen LogP contribution is -2.26. The van der Waals surface area contributed by atoms with Crippen LogP contribution >= 0.6 is 15.9 Å². The summed E-state index contributed by atoms with van der Waals surface area (Å²) in [5.74, 6) is 0.545. The van der Waals surface area contributed by atoms with Crippen LogP contribution in [0, 0.1) is 0 Å². The van der Waals surface area contributed by atoms with Crippen molar-refractivity contribution in [1.82, 2.24) is 5.32 Å². The first kappa shape index (κ1) is 11.6. The van der Waals surface area contributed by atoms with Crippen LogP contribution in [0.25, 0.3) is 21.9 Å². The van der Waals surface area contributed by atoms with Crippen molar-refractivity contribution in [2.45, 2.75) is 18.8 Å². The molecular weight excluding hydrogens is 306 g/mol. The number of fused-ring (bicyclic) bond motifs is 2. The fourth-order valence-corrected chi connectivity index (χ4v) is 3.76. The molecule has 0 bridgehead atoms. The van der Waals surface area contributed by atoms with Crippen LogP contribution in [0.3, 0.4) is 0 Å². The van der Waals surface area contributed by atoms with Gasteiger partial charge in [-0.05, 0) is 59.9 Å². The maximum absolute atomic E-state index is 5.77. The van der Waals surface area contributed by atoms with Gasteiger partial charge in [-0.2, -0.15) is 0 Å². The molecule has 19 heavy (non-hydrogen) atoms. The molecule has 0 unspecified atom stereocenters. The minimum Gasteiger partial charge on any atom is -0.464 e. The average molecular weight is 320 g/mol. The Labute approximate surface area is 119 Å². The van der Waals surface area contributed by atoms with Crippen LogP contribution in [-0.2, 0) is 0 Å². The summed E-state index contributed by atoms with van der Waals surface area (Å²) in [5, 5.41) is 5.71. The summed E-state index contributed by atoms with van der Waals surface area (Å²) in [6.07, 6.45) is 5.83. The molecule has 4 heteroatoms. The Morgan fingerprint density at radius 1 is 1.00 bits per heavy atom. The summed E-state index contributed by atoms with van der Waals surface area (Å²) in [7, 11) is 0. The predicted molar refractivity (Wildman–Crippen MR) is 78.5 cm³/mol. The fraction of sp³-hybridized carbons (Fsp3) is 0.333. The number of benzene rings is 1. The van der Waals surface area contributed by atoms with Crippen molar-refractivity contribution < 1.29 is 8.83 Å². The highest BCUT2D eigenvalue weighted by Gasteiger charge is 2.24. The first-order valence-corrected chi connectivity index (χ1v) is 7.42. The number of furan rings is 2. The van der Waals surface area contributed by atoms with Gasteiger partial charge in [0.25, 0.3) is 0 Å². The molecule has 4 rings (SSSR count). The second-order valence-electron chi connectivity index (χ2n) is 5.08. The quantitative estimate of drug-likeness (QED) is 0.722. The molecule has 0 amide bonds. The van der Waals surface area contributed by atoms with Gasteiger partial charge in [0.1, 0.15) is 11.2 Å². The maximum atomic E-state index is 5.77. The van der Waals surface area contributed by atoms with Crippen LogP contribution in [0.4, 0.5) is 0 Å². The summed E-state index contributed by atoms with van der Waals surface area (Å²) in [6, 6.07) is 4.06. The van der Waals surface area contributed by atoms with Gasteiger partial charge in [-0.15, -0.1) is 0 Å². The van der Waals surface area contributed by atoms with Crippen molar-refractivity contribution in [3.63, 3.8) is 0 Å². The Hall–Kier alpha value is -1.26. The number of hydrogen-bond acceptors (Lipinski definition) is 3. The third kappa shape index (κ3) is 1.66. The lowest BCUT2D eigenvalue weighted by atomic mass is 9.87. The van der Waals surface area contributed by atoms with Crippen LogP contribution in [-0.4, -0.2) is 13.1 Å². The van der Waals surface area contributed by atoms with E-state index < -0.39 is 0 Å². The van der Waals surface area contributed by atoms with Crippen molar-refractivity contribution in [2.24, 2.45) is 0 Å². The van der Waals surface area contributed by atoms with Gasteiger partial charge in [-0.1, -0.05) is 0 Å². The third-order valence-electron chi connectivity index (χ3n) is 4.05. The van der Waals surface area contributed by atoms with Gasteiger partial charge in [0.05, 0.1) is 17.0 Å². The van der Waals surface area contributed by atoms with E-state index >= 15 is 0 Å². The zero-order valence-electron chi connectivity index (χ0n) is 10.4. The number of rotatable bonds is 1. The number of piperidine rings is 1. The Morgan fingerprint density at radius 3 is 2.47 bits per heavy atom. The molecule has 1 aromatic carbocycles. The van der Waals surface area contributed by atoms with Gasteiger partial charge < -0.3 is 14.2 Å². The highest BCUT2D eigenvalue weighted by Crippen LogP contribution is 2.42. The van der Waals surface area contributed by atoms with Crippen molar-refractivity contribution in [2.75, 3.05) is 13.1 Å². The standard InChI is InChI=1S/C15H14BrNO2/c16-13-11-4-8-18-14(11)12(9-1-5-17-6-2-9)10-3-7-19-15(10)13/h3-4,7-9,17H,1-2,5-6H2. The summed E-state index contributed by atoms with van der Waals surface area (Å²) >= 11 is 3.63. The first-order valence-electron chi connectivity index (χ1n) is 6.62. The monoisotopic (exact) mass is 319 g/mol. The first-order chi connectivity index (χ1) is 9.36. The molecule has 2 aromatic heterocycles. The lowest BCUT2D eigenvalue weighted by molar-refractivity contribution is 0.459. The van der Waals surface area contributed by atoms with Crippen molar-refractivity contribution >= 4 is 37.9 Å². The zero-order chi connectivity index (χ0) is 12.8. The molecule has 0 atom stereocenters. The molecule has 0 aliphatic carbocycles. The highest BCUT2D eigenvalue weighted by atomic mass is 79.9. The highest BCUT2D eigenvalue weighted by molar-refractivity contribution is 9.10. The van der Waals surface area contributed by atoms with E-state index in [9.17, 15) is 0 Å². The molecule has 3 aromatic rings. The molecule has 1 saturated heterocycles. The molecule has 0 spiro atoms. The second kappa shape index (κ2) is 4.39. The van der Waals surface area contributed by atoms with Crippen LogP contribution in [0.5, 0.6) is 0 Å². The minimum atomic E-state index is 0.545. The van der Waals surface area contributed by atoms with Gasteiger partial charge in [-0.3, -0.25) is 0 Å². The van der Waals surface area contributed by atoms with Crippen molar-refractivity contribution in [3.05, 3.63) is 34.7 Å². The number of nitrogens with one attached hydrogen (secondary N) is 1. The summed E-state index contributed by atoms with van der Waals surface area (Å²) in [6.45, 7) is 2.14. The molecule has 1 fully saturated rings. The SMILES string of the molecule is Brc1c2ccoc2c(C2CCNCC2)c2ccoc12. The van der Waals surface area contributed by atoms with E-state index in [0.29, 0.717) is 5.92 Å². The van der Waals surface area contributed by atoms with Gasteiger partial charge in [-0.25, -0.2) is 0 Å². The largest absolute Gasteiger partial charge is 0.464 e. The Morgan fingerprint density at radius 2 is 1.68 bits per heavy atom. The third-order valence-corrected chi connectivity index (χ3v) is 4.84. The van der Waals surface area contributed by atoms with E-state index in [-0.39, 0.29) is 0 Å². The normalized spacial score (nSPS) is 17.5. The summed E-state index contributed by atoms with van der Waals surface area (Å²) < 4.78 is 12.4. The van der Waals surface area contributed by atoms with E-state index in [1.54, 1.807) is 12.5 Å². The Balaban J connectivity index is 2.06. The molecule has 1 aliphatic rings. The van der Waals surface area contributed by atoms with E-state index in [0.717, 1.165) is 47.0 Å². The maximum Gasteiger partial charge on any atom is 0.149 e. The Bertz CT molecular complexity index is 685. The van der Waals surface area contributed by atoms with E-state index in [4.69, 9.17) is 8.83 Å². The van der Waals surface area contributed by atoms with Gasteiger partial charge >= 0.3 is 0 Å². The van der Waals surface area contributed by atoms with Gasteiger partial charge in [0.2, 0.25) is 0 Å². The van der Waals surface area contributed by atoms with Crippen LogP contribution in [0.15, 0.2) is 38.0 Å². The molecule has 3 nitrogen and oxygen atoms in total. The molecule has 0 saturated carbocycles. The molecule has 3 heterocycles. The molecular formula is C15H14BrNO2. The fourth-order valence-electron chi connectivity index (χ4n) is 3.14. The molecule has 0 radical (unpaired) electrons. The number of halogens is 1. The smallest absolute Gasteiger partial charge is 0.149 e. The molecule has 98 valence electrons. The van der Waals surface area contributed by atoms with E-state index in [2.05, 4.69) is 27.3 Å². The van der Waals surface area contributed by atoms with Crippen molar-refractivity contribution in [1.29, 1.82) is 0 Å². The van der Waals surface area contributed by atoms with Crippen LogP contribution < -0.4 is 5.32 Å². The predicted octanol–water partition coefficient (Wildman–Crippen LogP) is 4.41. The average Bonchev–Trinajstić information content (AvgIpc) is 3.09. The Kier molecular flexibility index (Phi) is 2.67. The molecule has 1 N–H and O–H groups in total. The van der Waals surface area contributed by atoms with Crippen LogP contribution in [0.1, 0.15) is 24.3 Å². The summed E-state index contributed by atoms with van der Waals surface area (Å²) in [4.78, 5) is 0.